The van der Waals surface area contributed by atoms with Crippen molar-refractivity contribution in [3.8, 4) is 0 Å². The van der Waals surface area contributed by atoms with Crippen molar-refractivity contribution in [1.82, 2.24) is 0 Å². The van der Waals surface area contributed by atoms with Gasteiger partial charge in [-0.2, -0.15) is 0 Å². The van der Waals surface area contributed by atoms with Crippen molar-refractivity contribution >= 4 is 19.8 Å². The van der Waals surface area contributed by atoms with Gasteiger partial charge in [0.2, 0.25) is 0 Å². The number of esters is 2. The Labute approximate surface area is 279 Å². The van der Waals surface area contributed by atoms with Crippen LogP contribution in [0, 0.1) is 0 Å². The maximum Gasteiger partial charge on any atom is 0.469 e. The molecule has 8 nitrogen and oxygen atoms in total. The van der Waals surface area contributed by atoms with E-state index >= 15 is 0 Å². The van der Waals surface area contributed by atoms with Crippen LogP contribution in [0.15, 0.2) is 72.9 Å². The summed E-state index contributed by atoms with van der Waals surface area (Å²) in [6.07, 6.45) is 40.8. The van der Waals surface area contributed by atoms with E-state index < -0.39 is 32.5 Å². The number of ether oxygens (including phenoxy) is 2. The van der Waals surface area contributed by atoms with Gasteiger partial charge in [-0.25, -0.2) is 4.57 Å². The van der Waals surface area contributed by atoms with E-state index in [4.69, 9.17) is 19.3 Å². The maximum absolute atomic E-state index is 12.3. The fourth-order valence-electron chi connectivity index (χ4n) is 4.22. The molecule has 0 aliphatic carbocycles. The Bertz CT molecular complexity index is 974. The van der Waals surface area contributed by atoms with Gasteiger partial charge in [-0.15, -0.1) is 0 Å². The predicted octanol–water partition coefficient (Wildman–Crippen LogP) is 9.95. The highest BCUT2D eigenvalue weighted by molar-refractivity contribution is 7.46. The summed E-state index contributed by atoms with van der Waals surface area (Å²) in [4.78, 5) is 42.4. The highest BCUT2D eigenvalue weighted by Crippen LogP contribution is 2.35. The monoisotopic (exact) mass is 664 g/mol. The fourth-order valence-corrected chi connectivity index (χ4v) is 4.58. The molecule has 0 aromatic carbocycles. The van der Waals surface area contributed by atoms with Crippen LogP contribution in [-0.2, 0) is 28.2 Å². The van der Waals surface area contributed by atoms with Gasteiger partial charge in [-0.05, 0) is 51.4 Å². The minimum Gasteiger partial charge on any atom is -0.462 e. The highest BCUT2D eigenvalue weighted by Gasteiger charge is 2.22. The van der Waals surface area contributed by atoms with Gasteiger partial charge >= 0.3 is 19.8 Å². The van der Waals surface area contributed by atoms with Gasteiger partial charge in [0.15, 0.2) is 6.10 Å². The van der Waals surface area contributed by atoms with E-state index in [2.05, 4.69) is 79.1 Å². The molecule has 1 atom stereocenters. The first-order valence-electron chi connectivity index (χ1n) is 17.2. The van der Waals surface area contributed by atoms with Crippen molar-refractivity contribution in [2.75, 3.05) is 13.2 Å². The smallest absolute Gasteiger partial charge is 0.462 e. The number of rotatable bonds is 30. The summed E-state index contributed by atoms with van der Waals surface area (Å²) in [5.74, 6) is -0.994. The Hall–Kier alpha value is -2.51. The first kappa shape index (κ1) is 43.5. The molecule has 0 rings (SSSR count). The van der Waals surface area contributed by atoms with E-state index in [1.165, 1.54) is 32.1 Å². The zero-order valence-corrected chi connectivity index (χ0v) is 29.3. The van der Waals surface area contributed by atoms with Gasteiger partial charge in [0.05, 0.1) is 6.61 Å². The third-order valence-corrected chi connectivity index (χ3v) is 7.24. The summed E-state index contributed by atoms with van der Waals surface area (Å²) in [5, 5.41) is 0. The summed E-state index contributed by atoms with van der Waals surface area (Å²) in [7, 11) is -4.76. The number of phosphoric ester groups is 1. The Kier molecular flexibility index (Phi) is 30.7. The molecular formula is C37H61O8P. The van der Waals surface area contributed by atoms with E-state index in [0.29, 0.717) is 12.8 Å². The first-order chi connectivity index (χ1) is 22.3. The molecule has 0 aliphatic rings. The van der Waals surface area contributed by atoms with Gasteiger partial charge in [0.25, 0.3) is 0 Å². The number of hydrogen-bond acceptors (Lipinski definition) is 6. The molecule has 9 heteroatoms. The van der Waals surface area contributed by atoms with Crippen LogP contribution < -0.4 is 0 Å². The van der Waals surface area contributed by atoms with E-state index in [1.54, 1.807) is 0 Å². The van der Waals surface area contributed by atoms with Crippen LogP contribution in [0.25, 0.3) is 0 Å². The molecule has 0 saturated carbocycles. The molecule has 0 aromatic rings. The average molecular weight is 665 g/mol. The van der Waals surface area contributed by atoms with Crippen molar-refractivity contribution in [2.45, 2.75) is 136 Å². The fraction of sp³-hybridized carbons (Fsp3) is 0.622. The van der Waals surface area contributed by atoms with Crippen molar-refractivity contribution in [3.05, 3.63) is 72.9 Å². The Morgan fingerprint density at radius 2 is 1.04 bits per heavy atom. The number of hydrogen-bond donors (Lipinski definition) is 2. The summed E-state index contributed by atoms with van der Waals surface area (Å²) in [6.45, 7) is 3.44. The molecule has 0 aromatic heterocycles. The molecule has 0 spiro atoms. The van der Waals surface area contributed by atoms with Crippen LogP contribution in [0.3, 0.4) is 0 Å². The molecule has 2 N–H and O–H groups in total. The molecule has 0 saturated heterocycles. The van der Waals surface area contributed by atoms with Crippen molar-refractivity contribution in [1.29, 1.82) is 0 Å². The van der Waals surface area contributed by atoms with Crippen LogP contribution in [-0.4, -0.2) is 41.0 Å². The number of allylic oxidation sites excluding steroid dienone is 12. The van der Waals surface area contributed by atoms with Crippen molar-refractivity contribution in [2.24, 2.45) is 0 Å². The third-order valence-electron chi connectivity index (χ3n) is 6.75. The number of unbranched alkanes of at least 4 members (excludes halogenated alkanes) is 8. The molecule has 46 heavy (non-hydrogen) atoms. The molecule has 0 bridgehead atoms. The first-order valence-corrected chi connectivity index (χ1v) is 18.8. The quantitative estimate of drug-likeness (QED) is 0.0337. The lowest BCUT2D eigenvalue weighted by Gasteiger charge is -2.18. The zero-order valence-electron chi connectivity index (χ0n) is 28.4. The van der Waals surface area contributed by atoms with Crippen LogP contribution in [0.4, 0.5) is 0 Å². The molecule has 0 radical (unpaired) electrons. The van der Waals surface area contributed by atoms with Crippen LogP contribution in [0.1, 0.15) is 129 Å². The van der Waals surface area contributed by atoms with Crippen LogP contribution in [0.2, 0.25) is 0 Å². The normalized spacial score (nSPS) is 13.4. The van der Waals surface area contributed by atoms with E-state index in [-0.39, 0.29) is 19.4 Å². The van der Waals surface area contributed by atoms with E-state index in [1.807, 2.05) is 12.2 Å². The molecule has 0 heterocycles. The van der Waals surface area contributed by atoms with Crippen molar-refractivity contribution < 1.29 is 37.9 Å². The molecule has 0 fully saturated rings. The number of phosphoric acid groups is 1. The van der Waals surface area contributed by atoms with Gasteiger partial charge < -0.3 is 19.3 Å². The minimum atomic E-state index is -4.76. The molecular weight excluding hydrogens is 603 g/mol. The Balaban J connectivity index is 4.14. The topological polar surface area (TPSA) is 119 Å². The maximum atomic E-state index is 12.3. The summed E-state index contributed by atoms with van der Waals surface area (Å²) in [6, 6.07) is 0. The van der Waals surface area contributed by atoms with Gasteiger partial charge in [-0.3, -0.25) is 14.1 Å². The van der Waals surface area contributed by atoms with E-state index in [0.717, 1.165) is 57.8 Å². The number of carbonyl (C=O) groups is 2. The van der Waals surface area contributed by atoms with Gasteiger partial charge in [-0.1, -0.05) is 138 Å². The standard InChI is InChI=1S/C37H61O8P/c1-3-5-7-9-11-13-14-15-16-17-18-19-20-21-22-24-25-27-29-31-36(38)43-33-35(34-44-46(40,41)42)45-37(39)32-30-28-26-23-12-10-8-6-4-2/h5,7,11,13,15-16,18-19,21-22,25,27,35H,3-4,6,8-10,12,14,17,20,23-24,26,28-34H2,1-2H3,(H2,40,41,42)/b7-5+,13-11+,16-15+,19-18+,22-21+,27-25+/t35-/m1/s1. The Morgan fingerprint density at radius 1 is 0.587 bits per heavy atom. The van der Waals surface area contributed by atoms with Crippen LogP contribution >= 0.6 is 7.82 Å². The SMILES string of the molecule is CC/C=C/C/C=C/C/C=C/C/C=C/C/C=C/C/C=C/CCC(=O)OC[C@H](COP(=O)(O)O)OC(=O)CCCCCCCCCCC. The zero-order chi connectivity index (χ0) is 34.0. The van der Waals surface area contributed by atoms with Gasteiger partial charge in [0.1, 0.15) is 6.61 Å². The Morgan fingerprint density at radius 3 is 1.52 bits per heavy atom. The second kappa shape index (κ2) is 32.4. The lowest BCUT2D eigenvalue weighted by atomic mass is 10.1. The lowest BCUT2D eigenvalue weighted by Crippen LogP contribution is -2.29. The molecule has 0 aliphatic heterocycles. The van der Waals surface area contributed by atoms with E-state index in [9.17, 15) is 14.2 Å². The summed E-state index contributed by atoms with van der Waals surface area (Å²) in [5.41, 5.74) is 0. The third kappa shape index (κ3) is 34.4. The van der Waals surface area contributed by atoms with Crippen molar-refractivity contribution in [3.63, 3.8) is 0 Å². The predicted molar refractivity (Wildman–Crippen MR) is 188 cm³/mol. The lowest BCUT2D eigenvalue weighted by molar-refractivity contribution is -0.161. The molecule has 0 amide bonds. The summed E-state index contributed by atoms with van der Waals surface area (Å²) >= 11 is 0. The summed E-state index contributed by atoms with van der Waals surface area (Å²) < 4.78 is 26.1. The largest absolute Gasteiger partial charge is 0.469 e. The molecule has 262 valence electrons. The second-order valence-corrected chi connectivity index (χ2v) is 12.4. The minimum absolute atomic E-state index is 0.140. The second-order valence-electron chi connectivity index (χ2n) is 11.1. The number of carbonyl (C=O) groups excluding carboxylic acids is 2. The highest BCUT2D eigenvalue weighted by atomic mass is 31.2. The van der Waals surface area contributed by atoms with Gasteiger partial charge in [0, 0.05) is 12.8 Å². The molecule has 0 unspecified atom stereocenters. The van der Waals surface area contributed by atoms with Crippen LogP contribution in [0.5, 0.6) is 0 Å². The average Bonchev–Trinajstić information content (AvgIpc) is 3.02.